The van der Waals surface area contributed by atoms with E-state index in [1.54, 1.807) is 17.6 Å². The molecule has 0 aromatic carbocycles. The third-order valence-electron chi connectivity index (χ3n) is 2.58. The van der Waals surface area contributed by atoms with Gasteiger partial charge in [0.2, 0.25) is 0 Å². The first-order valence-corrected chi connectivity index (χ1v) is 6.04. The minimum absolute atomic E-state index is 0.526. The maximum atomic E-state index is 9.99. The van der Waals surface area contributed by atoms with Crippen molar-refractivity contribution in [2.45, 2.75) is 33.3 Å². The zero-order chi connectivity index (χ0) is 11.7. The number of rotatable bonds is 3. The summed E-state index contributed by atoms with van der Waals surface area (Å²) in [5.41, 5.74) is 1.87. The summed E-state index contributed by atoms with van der Waals surface area (Å²) in [5.74, 6) is 0.820. The molecule has 0 aliphatic rings. The van der Waals surface area contributed by atoms with E-state index in [0.717, 1.165) is 22.0 Å². The molecule has 1 N–H and O–H groups in total. The van der Waals surface area contributed by atoms with Gasteiger partial charge in [-0.05, 0) is 26.8 Å². The number of aliphatic hydroxyl groups excluding tert-OH is 1. The fourth-order valence-electron chi connectivity index (χ4n) is 1.55. The Kier molecular flexibility index (Phi) is 3.12. The van der Waals surface area contributed by atoms with Gasteiger partial charge in [0.25, 0.3) is 0 Å². The van der Waals surface area contributed by atoms with Crippen molar-refractivity contribution in [2.24, 2.45) is 0 Å². The molecular weight excluding hydrogens is 222 g/mol. The summed E-state index contributed by atoms with van der Waals surface area (Å²) in [7, 11) is 0. The van der Waals surface area contributed by atoms with Crippen LogP contribution in [0.5, 0.6) is 0 Å². The fraction of sp³-hybridized carbons (Fsp3) is 0.417. The molecule has 0 radical (unpaired) electrons. The van der Waals surface area contributed by atoms with Crippen molar-refractivity contribution in [3.8, 4) is 0 Å². The van der Waals surface area contributed by atoms with Crippen LogP contribution in [0.2, 0.25) is 0 Å². The molecule has 0 spiro atoms. The third-order valence-corrected chi connectivity index (χ3v) is 3.67. The van der Waals surface area contributed by atoms with E-state index >= 15 is 0 Å². The van der Waals surface area contributed by atoms with Gasteiger partial charge in [-0.15, -0.1) is 11.3 Å². The number of aliphatic hydroxyl groups is 1. The van der Waals surface area contributed by atoms with Crippen LogP contribution in [0.1, 0.15) is 33.0 Å². The molecule has 0 amide bonds. The van der Waals surface area contributed by atoms with Crippen molar-refractivity contribution in [3.63, 3.8) is 0 Å². The van der Waals surface area contributed by atoms with Crippen molar-refractivity contribution in [2.75, 3.05) is 0 Å². The average molecular weight is 237 g/mol. The molecule has 0 saturated carbocycles. The Morgan fingerprint density at radius 3 is 2.69 bits per heavy atom. The van der Waals surface area contributed by atoms with Crippen LogP contribution in [0.15, 0.2) is 16.7 Å². The number of hydrogen-bond donors (Lipinski definition) is 1. The zero-order valence-corrected chi connectivity index (χ0v) is 10.5. The van der Waals surface area contributed by atoms with Gasteiger partial charge in [-0.3, -0.25) is 0 Å². The van der Waals surface area contributed by atoms with Gasteiger partial charge in [0.05, 0.1) is 23.1 Å². The smallest absolute Gasteiger partial charge is 0.101 e. The predicted molar refractivity (Wildman–Crippen MR) is 63.7 cm³/mol. The van der Waals surface area contributed by atoms with E-state index in [0.29, 0.717) is 6.42 Å². The van der Waals surface area contributed by atoms with Crippen LogP contribution in [0.3, 0.4) is 0 Å². The van der Waals surface area contributed by atoms with Crippen LogP contribution in [-0.4, -0.2) is 10.1 Å². The molecule has 16 heavy (non-hydrogen) atoms. The van der Waals surface area contributed by atoms with Gasteiger partial charge in [-0.25, -0.2) is 4.98 Å². The van der Waals surface area contributed by atoms with Gasteiger partial charge in [0.15, 0.2) is 0 Å². The summed E-state index contributed by atoms with van der Waals surface area (Å²) in [6.45, 7) is 5.91. The lowest BCUT2D eigenvalue weighted by molar-refractivity contribution is 0.177. The second-order valence-corrected chi connectivity index (χ2v) is 5.25. The lowest BCUT2D eigenvalue weighted by atomic mass is 10.1. The molecule has 4 heteroatoms. The van der Waals surface area contributed by atoms with Crippen LogP contribution in [-0.2, 0) is 6.42 Å². The van der Waals surface area contributed by atoms with Crippen molar-refractivity contribution in [1.29, 1.82) is 0 Å². The summed E-state index contributed by atoms with van der Waals surface area (Å²) in [6.07, 6.45) is 1.63. The first-order valence-electron chi connectivity index (χ1n) is 5.22. The minimum Gasteiger partial charge on any atom is -0.469 e. The van der Waals surface area contributed by atoms with Gasteiger partial charge in [0.1, 0.15) is 5.76 Å². The molecule has 0 aliphatic carbocycles. The second-order valence-electron chi connectivity index (χ2n) is 3.96. The fourth-order valence-corrected chi connectivity index (χ4v) is 2.52. The second kappa shape index (κ2) is 4.39. The number of nitrogens with zero attached hydrogens (tertiary/aromatic N) is 1. The third kappa shape index (κ3) is 2.33. The molecule has 2 aromatic rings. The molecule has 2 aromatic heterocycles. The van der Waals surface area contributed by atoms with Crippen LogP contribution in [0.25, 0.3) is 0 Å². The summed E-state index contributed by atoms with van der Waals surface area (Å²) >= 11 is 1.64. The van der Waals surface area contributed by atoms with Gasteiger partial charge in [-0.2, -0.15) is 0 Å². The maximum Gasteiger partial charge on any atom is 0.101 e. The van der Waals surface area contributed by atoms with E-state index in [2.05, 4.69) is 4.98 Å². The van der Waals surface area contributed by atoms with Gasteiger partial charge in [-0.1, -0.05) is 0 Å². The first kappa shape index (κ1) is 11.4. The summed E-state index contributed by atoms with van der Waals surface area (Å²) < 4.78 is 5.18. The lowest BCUT2D eigenvalue weighted by Crippen LogP contribution is -1.99. The molecule has 0 aliphatic heterocycles. The van der Waals surface area contributed by atoms with Gasteiger partial charge in [0, 0.05) is 16.9 Å². The lowest BCUT2D eigenvalue weighted by Gasteiger charge is -2.04. The van der Waals surface area contributed by atoms with E-state index in [9.17, 15) is 5.11 Å². The molecule has 0 saturated heterocycles. The SMILES string of the molecule is Cc1cc(C(O)Cc2nc(C)c(C)s2)co1. The van der Waals surface area contributed by atoms with E-state index < -0.39 is 6.10 Å². The summed E-state index contributed by atoms with van der Waals surface area (Å²) in [5, 5.41) is 11.0. The summed E-state index contributed by atoms with van der Waals surface area (Å²) in [6, 6.07) is 1.86. The predicted octanol–water partition coefficient (Wildman–Crippen LogP) is 2.94. The molecule has 1 unspecified atom stereocenters. The van der Waals surface area contributed by atoms with Crippen molar-refractivity contribution >= 4 is 11.3 Å². The topological polar surface area (TPSA) is 46.3 Å². The first-order chi connectivity index (χ1) is 7.56. The molecule has 0 bridgehead atoms. The minimum atomic E-state index is -0.526. The maximum absolute atomic E-state index is 9.99. The molecule has 2 heterocycles. The normalized spacial score (nSPS) is 13.0. The number of thiazole rings is 1. The van der Waals surface area contributed by atoms with Crippen molar-refractivity contribution in [3.05, 3.63) is 39.2 Å². The quantitative estimate of drug-likeness (QED) is 0.892. The van der Waals surface area contributed by atoms with Crippen LogP contribution >= 0.6 is 11.3 Å². The molecule has 0 fully saturated rings. The highest BCUT2D eigenvalue weighted by atomic mass is 32.1. The van der Waals surface area contributed by atoms with E-state index in [1.807, 2.05) is 26.8 Å². The van der Waals surface area contributed by atoms with Gasteiger partial charge < -0.3 is 9.52 Å². The Morgan fingerprint density at radius 2 is 2.19 bits per heavy atom. The molecule has 3 nitrogen and oxygen atoms in total. The standard InChI is InChI=1S/C12H15NO2S/c1-7-4-10(6-15-7)11(14)5-12-13-8(2)9(3)16-12/h4,6,11,14H,5H2,1-3H3. The molecule has 1 atom stereocenters. The Balaban J connectivity index is 2.10. The molecule has 86 valence electrons. The number of aromatic nitrogens is 1. The monoisotopic (exact) mass is 237 g/mol. The van der Waals surface area contributed by atoms with Crippen molar-refractivity contribution in [1.82, 2.24) is 4.98 Å². The average Bonchev–Trinajstić information content (AvgIpc) is 2.75. The summed E-state index contributed by atoms with van der Waals surface area (Å²) in [4.78, 5) is 5.62. The van der Waals surface area contributed by atoms with E-state index in [1.165, 1.54) is 4.88 Å². The zero-order valence-electron chi connectivity index (χ0n) is 9.65. The number of furan rings is 1. The Hall–Kier alpha value is -1.13. The van der Waals surface area contributed by atoms with E-state index in [4.69, 9.17) is 4.42 Å². The highest BCUT2D eigenvalue weighted by Gasteiger charge is 2.14. The van der Waals surface area contributed by atoms with Gasteiger partial charge >= 0.3 is 0 Å². The van der Waals surface area contributed by atoms with E-state index in [-0.39, 0.29) is 0 Å². The van der Waals surface area contributed by atoms with Crippen LogP contribution in [0, 0.1) is 20.8 Å². The highest BCUT2D eigenvalue weighted by Crippen LogP contribution is 2.24. The highest BCUT2D eigenvalue weighted by molar-refractivity contribution is 7.11. The largest absolute Gasteiger partial charge is 0.469 e. The van der Waals surface area contributed by atoms with Crippen LogP contribution in [0.4, 0.5) is 0 Å². The van der Waals surface area contributed by atoms with Crippen molar-refractivity contribution < 1.29 is 9.52 Å². The molecule has 2 rings (SSSR count). The Bertz CT molecular complexity index is 467. The van der Waals surface area contributed by atoms with Crippen LogP contribution < -0.4 is 0 Å². The Labute approximate surface area is 98.8 Å². The number of hydrogen-bond acceptors (Lipinski definition) is 4. The Morgan fingerprint density at radius 1 is 1.44 bits per heavy atom. The molecular formula is C12H15NO2S. The number of aryl methyl sites for hydroxylation is 3.